The first-order chi connectivity index (χ1) is 15.5. The van der Waals surface area contributed by atoms with Gasteiger partial charge in [-0.1, -0.05) is 23.8 Å². The number of benzene rings is 1. The van der Waals surface area contributed by atoms with Gasteiger partial charge in [-0.25, -0.2) is 14.8 Å². The molecule has 3 heterocycles. The molecular formula is C25H30N6O. The van der Waals surface area contributed by atoms with Crippen LogP contribution in [0.1, 0.15) is 29.7 Å². The number of urea groups is 1. The van der Waals surface area contributed by atoms with E-state index in [1.54, 1.807) is 6.20 Å². The van der Waals surface area contributed by atoms with Gasteiger partial charge in [0.05, 0.1) is 0 Å². The van der Waals surface area contributed by atoms with Crippen LogP contribution in [0.15, 0.2) is 48.7 Å². The van der Waals surface area contributed by atoms with Gasteiger partial charge in [0.1, 0.15) is 11.5 Å². The summed E-state index contributed by atoms with van der Waals surface area (Å²) in [6, 6.07) is 13.4. The number of hydrogen-bond donors (Lipinski definition) is 2. The molecule has 1 fully saturated rings. The Balaban J connectivity index is 1.41. The number of nitrogens with one attached hydrogen (secondary N) is 2. The quantitative estimate of drug-likeness (QED) is 0.623. The van der Waals surface area contributed by atoms with E-state index in [1.807, 2.05) is 56.3 Å². The van der Waals surface area contributed by atoms with E-state index in [4.69, 9.17) is 4.98 Å². The van der Waals surface area contributed by atoms with E-state index >= 15 is 0 Å². The molecule has 1 atom stereocenters. The number of pyridine rings is 1. The van der Waals surface area contributed by atoms with Crippen LogP contribution in [0, 0.1) is 26.7 Å². The summed E-state index contributed by atoms with van der Waals surface area (Å²) in [7, 11) is 0. The number of carbonyl (C=O) groups excluding carboxylic acids is 1. The van der Waals surface area contributed by atoms with Crippen LogP contribution in [0.4, 0.5) is 16.3 Å². The molecule has 3 aromatic rings. The highest BCUT2D eigenvalue weighted by molar-refractivity contribution is 5.89. The van der Waals surface area contributed by atoms with Gasteiger partial charge in [0.25, 0.3) is 0 Å². The van der Waals surface area contributed by atoms with Crippen molar-refractivity contribution < 1.29 is 4.79 Å². The first-order valence-corrected chi connectivity index (χ1v) is 11.1. The third-order valence-corrected chi connectivity index (χ3v) is 5.94. The summed E-state index contributed by atoms with van der Waals surface area (Å²) in [5, 5.41) is 5.93. The van der Waals surface area contributed by atoms with Gasteiger partial charge in [0.15, 0.2) is 5.82 Å². The maximum absolute atomic E-state index is 12.3. The highest BCUT2D eigenvalue weighted by atomic mass is 16.2. The Labute approximate surface area is 189 Å². The molecule has 7 nitrogen and oxygen atoms in total. The van der Waals surface area contributed by atoms with E-state index in [-0.39, 0.29) is 6.03 Å². The van der Waals surface area contributed by atoms with Gasteiger partial charge < -0.3 is 15.5 Å². The normalized spacial score (nSPS) is 16.0. The number of nitrogens with zero attached hydrogens (tertiary/aromatic N) is 4. The minimum atomic E-state index is -0.169. The SMILES string of the molecule is Cc1ccc(NC(=O)NCC2CCCN(c3nc(-c4ccccn4)nc(C)c3C)C2)cc1. The molecule has 1 aliphatic heterocycles. The van der Waals surface area contributed by atoms with Crippen LogP contribution < -0.4 is 15.5 Å². The fraction of sp³-hybridized carbons (Fsp3) is 0.360. The molecule has 166 valence electrons. The van der Waals surface area contributed by atoms with Crippen LogP contribution in [0.2, 0.25) is 0 Å². The minimum Gasteiger partial charge on any atom is -0.356 e. The molecule has 32 heavy (non-hydrogen) atoms. The van der Waals surface area contributed by atoms with E-state index in [1.165, 1.54) is 5.56 Å². The van der Waals surface area contributed by atoms with Crippen molar-refractivity contribution in [3.05, 3.63) is 65.5 Å². The molecule has 0 radical (unpaired) electrons. The number of amides is 2. The standard InChI is InChI=1S/C25H30N6O/c1-17-9-11-21(12-10-17)29-25(32)27-15-20-7-6-14-31(16-20)24-18(2)19(3)28-23(30-24)22-8-4-5-13-26-22/h4-5,8-13,20H,6-7,14-16H2,1-3H3,(H2,27,29,32). The number of rotatable bonds is 5. The number of carbonyl (C=O) groups is 1. The minimum absolute atomic E-state index is 0.169. The Morgan fingerprint density at radius 2 is 1.91 bits per heavy atom. The summed E-state index contributed by atoms with van der Waals surface area (Å²) >= 11 is 0. The van der Waals surface area contributed by atoms with Crippen LogP contribution in [0.3, 0.4) is 0 Å². The number of aryl methyl sites for hydroxylation is 2. The molecule has 1 saturated heterocycles. The molecule has 1 aliphatic rings. The van der Waals surface area contributed by atoms with Gasteiger partial charge in [-0.15, -0.1) is 0 Å². The topological polar surface area (TPSA) is 83.0 Å². The zero-order valence-electron chi connectivity index (χ0n) is 18.9. The molecular weight excluding hydrogens is 400 g/mol. The van der Waals surface area contributed by atoms with Crippen LogP contribution >= 0.6 is 0 Å². The van der Waals surface area contributed by atoms with Crippen molar-refractivity contribution in [2.75, 3.05) is 29.9 Å². The predicted octanol–water partition coefficient (Wildman–Crippen LogP) is 4.50. The average Bonchev–Trinajstić information content (AvgIpc) is 2.81. The van der Waals surface area contributed by atoms with Crippen LogP contribution in [0.25, 0.3) is 11.5 Å². The van der Waals surface area contributed by atoms with Crippen molar-refractivity contribution in [2.24, 2.45) is 5.92 Å². The molecule has 1 aromatic carbocycles. The molecule has 2 amide bonds. The lowest BCUT2D eigenvalue weighted by molar-refractivity contribution is 0.249. The van der Waals surface area contributed by atoms with E-state index in [0.717, 1.165) is 54.4 Å². The largest absolute Gasteiger partial charge is 0.356 e. The maximum Gasteiger partial charge on any atom is 0.319 e. The van der Waals surface area contributed by atoms with Gasteiger partial charge in [0.2, 0.25) is 0 Å². The summed E-state index contributed by atoms with van der Waals surface area (Å²) in [4.78, 5) is 28.6. The summed E-state index contributed by atoms with van der Waals surface area (Å²) in [5.41, 5.74) is 4.80. The molecule has 0 aliphatic carbocycles. The summed E-state index contributed by atoms with van der Waals surface area (Å²) < 4.78 is 0. The number of piperidine rings is 1. The Hall–Kier alpha value is -3.48. The first kappa shape index (κ1) is 21.7. The summed E-state index contributed by atoms with van der Waals surface area (Å²) in [6.45, 7) is 8.55. The zero-order chi connectivity index (χ0) is 22.5. The van der Waals surface area contributed by atoms with Gasteiger partial charge >= 0.3 is 6.03 Å². The molecule has 7 heteroatoms. The lowest BCUT2D eigenvalue weighted by Crippen LogP contribution is -2.42. The second-order valence-electron chi connectivity index (χ2n) is 8.45. The second-order valence-corrected chi connectivity index (χ2v) is 8.45. The van der Waals surface area contributed by atoms with Gasteiger partial charge in [-0.3, -0.25) is 4.98 Å². The van der Waals surface area contributed by atoms with Crippen molar-refractivity contribution in [1.82, 2.24) is 20.3 Å². The predicted molar refractivity (Wildman–Crippen MR) is 128 cm³/mol. The molecule has 0 bridgehead atoms. The Morgan fingerprint density at radius 1 is 1.09 bits per heavy atom. The Kier molecular flexibility index (Phi) is 6.63. The molecule has 2 N–H and O–H groups in total. The molecule has 0 saturated carbocycles. The molecule has 0 spiro atoms. The van der Waals surface area contributed by atoms with E-state index in [2.05, 4.69) is 32.4 Å². The van der Waals surface area contributed by atoms with E-state index in [9.17, 15) is 4.79 Å². The maximum atomic E-state index is 12.3. The van der Waals surface area contributed by atoms with Crippen molar-refractivity contribution in [1.29, 1.82) is 0 Å². The fourth-order valence-electron chi connectivity index (χ4n) is 4.00. The monoisotopic (exact) mass is 430 g/mol. The zero-order valence-corrected chi connectivity index (χ0v) is 18.9. The van der Waals surface area contributed by atoms with Gasteiger partial charge in [-0.2, -0.15) is 0 Å². The summed E-state index contributed by atoms with van der Waals surface area (Å²) in [6.07, 6.45) is 3.91. The number of hydrogen-bond acceptors (Lipinski definition) is 5. The lowest BCUT2D eigenvalue weighted by atomic mass is 9.97. The van der Waals surface area contributed by atoms with Crippen LogP contribution in [-0.4, -0.2) is 40.6 Å². The molecule has 1 unspecified atom stereocenters. The fourth-order valence-corrected chi connectivity index (χ4v) is 4.00. The number of anilines is 2. The van der Waals surface area contributed by atoms with Gasteiger partial charge in [0, 0.05) is 42.8 Å². The Bertz CT molecular complexity index is 1070. The lowest BCUT2D eigenvalue weighted by Gasteiger charge is -2.34. The van der Waals surface area contributed by atoms with E-state index in [0.29, 0.717) is 18.3 Å². The molecule has 4 rings (SSSR count). The van der Waals surface area contributed by atoms with E-state index < -0.39 is 0 Å². The highest BCUT2D eigenvalue weighted by Crippen LogP contribution is 2.27. The van der Waals surface area contributed by atoms with Crippen molar-refractivity contribution in [3.8, 4) is 11.5 Å². The molecule has 2 aromatic heterocycles. The highest BCUT2D eigenvalue weighted by Gasteiger charge is 2.24. The summed E-state index contributed by atoms with van der Waals surface area (Å²) in [5.74, 6) is 1.98. The smallest absolute Gasteiger partial charge is 0.319 e. The second kappa shape index (κ2) is 9.77. The van der Waals surface area contributed by atoms with Crippen molar-refractivity contribution in [2.45, 2.75) is 33.6 Å². The third kappa shape index (κ3) is 5.22. The third-order valence-electron chi connectivity index (χ3n) is 5.94. The van der Waals surface area contributed by atoms with Gasteiger partial charge in [-0.05, 0) is 63.8 Å². The van der Waals surface area contributed by atoms with Crippen molar-refractivity contribution >= 4 is 17.5 Å². The Morgan fingerprint density at radius 3 is 2.66 bits per heavy atom. The van der Waals surface area contributed by atoms with Crippen LogP contribution in [-0.2, 0) is 0 Å². The number of aromatic nitrogens is 3. The average molecular weight is 431 g/mol. The van der Waals surface area contributed by atoms with Crippen LogP contribution in [0.5, 0.6) is 0 Å². The van der Waals surface area contributed by atoms with Crippen molar-refractivity contribution in [3.63, 3.8) is 0 Å². The first-order valence-electron chi connectivity index (χ1n) is 11.1.